The Balaban J connectivity index is 1.93. The molecule has 0 atom stereocenters. The molecule has 0 aliphatic carbocycles. The van der Waals surface area contributed by atoms with Gasteiger partial charge in [0.2, 0.25) is 0 Å². The average Bonchev–Trinajstić information content (AvgIpc) is 2.87. The van der Waals surface area contributed by atoms with Crippen LogP contribution in [0.2, 0.25) is 0 Å². The van der Waals surface area contributed by atoms with Gasteiger partial charge in [-0.3, -0.25) is 4.79 Å². The lowest BCUT2D eigenvalue weighted by Gasteiger charge is -2.07. The second kappa shape index (κ2) is 6.55. The first-order valence-corrected chi connectivity index (χ1v) is 6.41. The Bertz CT molecular complexity index is 564. The number of benzene rings is 1. The molecule has 0 saturated carbocycles. The van der Waals surface area contributed by atoms with Gasteiger partial charge < -0.3 is 15.8 Å². The van der Waals surface area contributed by atoms with E-state index in [1.165, 1.54) is 0 Å². The van der Waals surface area contributed by atoms with Gasteiger partial charge in [0.1, 0.15) is 5.75 Å². The maximum absolute atomic E-state index is 11.8. The molecule has 0 aliphatic heterocycles. The Labute approximate surface area is 116 Å². The fraction of sp³-hybridized carbons (Fsp3) is 0.308. The van der Waals surface area contributed by atoms with Crippen molar-refractivity contribution in [2.24, 2.45) is 0 Å². The maximum atomic E-state index is 11.8. The largest absolute Gasteiger partial charge is 0.494 e. The molecule has 0 spiro atoms. The number of hydrogen-bond acceptors (Lipinski definition) is 5. The van der Waals surface area contributed by atoms with Gasteiger partial charge in [-0.1, -0.05) is 13.3 Å². The Morgan fingerprint density at radius 3 is 2.70 bits per heavy atom. The number of rotatable bonds is 6. The van der Waals surface area contributed by atoms with E-state index in [1.807, 2.05) is 0 Å². The van der Waals surface area contributed by atoms with Crippen molar-refractivity contribution < 1.29 is 9.53 Å². The predicted molar refractivity (Wildman–Crippen MR) is 75.6 cm³/mol. The molecular formula is C13H17N5O2. The van der Waals surface area contributed by atoms with Crippen LogP contribution in [0.5, 0.6) is 5.75 Å². The summed E-state index contributed by atoms with van der Waals surface area (Å²) in [4.78, 5) is 11.8. The number of H-pyrrole nitrogens is 1. The number of nitrogens with two attached hydrogens (primary N) is 1. The van der Waals surface area contributed by atoms with Crippen molar-refractivity contribution >= 4 is 17.4 Å². The van der Waals surface area contributed by atoms with Gasteiger partial charge in [-0.15, -0.1) is 10.2 Å². The number of carbonyl (C=O) groups is 1. The summed E-state index contributed by atoms with van der Waals surface area (Å²) in [5, 5.41) is 12.3. The van der Waals surface area contributed by atoms with E-state index in [1.54, 1.807) is 24.3 Å². The molecule has 7 heteroatoms. The first-order valence-electron chi connectivity index (χ1n) is 6.41. The van der Waals surface area contributed by atoms with E-state index in [-0.39, 0.29) is 11.5 Å². The fourth-order valence-electron chi connectivity index (χ4n) is 1.57. The minimum Gasteiger partial charge on any atom is -0.494 e. The van der Waals surface area contributed by atoms with Crippen molar-refractivity contribution in [2.75, 3.05) is 17.7 Å². The van der Waals surface area contributed by atoms with Crippen LogP contribution < -0.4 is 15.8 Å². The van der Waals surface area contributed by atoms with Gasteiger partial charge in [-0.05, 0) is 30.7 Å². The molecule has 4 N–H and O–H groups in total. The lowest BCUT2D eigenvalue weighted by atomic mass is 10.3. The number of anilines is 2. The summed E-state index contributed by atoms with van der Waals surface area (Å²) in [7, 11) is 0. The van der Waals surface area contributed by atoms with Crippen LogP contribution in [0.4, 0.5) is 11.5 Å². The van der Waals surface area contributed by atoms with Crippen LogP contribution in [0.15, 0.2) is 24.3 Å². The molecule has 1 aromatic heterocycles. The maximum Gasteiger partial charge on any atom is 0.280 e. The summed E-state index contributed by atoms with van der Waals surface area (Å²) >= 11 is 0. The molecule has 106 valence electrons. The van der Waals surface area contributed by atoms with Crippen molar-refractivity contribution in [3.05, 3.63) is 30.0 Å². The van der Waals surface area contributed by atoms with Gasteiger partial charge in [0.15, 0.2) is 11.5 Å². The van der Waals surface area contributed by atoms with E-state index in [0.717, 1.165) is 18.6 Å². The van der Waals surface area contributed by atoms with E-state index in [0.29, 0.717) is 12.3 Å². The van der Waals surface area contributed by atoms with E-state index < -0.39 is 5.91 Å². The van der Waals surface area contributed by atoms with Crippen LogP contribution in [0.25, 0.3) is 0 Å². The van der Waals surface area contributed by atoms with Gasteiger partial charge in [-0.25, -0.2) is 0 Å². The lowest BCUT2D eigenvalue weighted by Crippen LogP contribution is -2.14. The number of aromatic amines is 1. The number of amides is 1. The second-order valence-electron chi connectivity index (χ2n) is 4.24. The van der Waals surface area contributed by atoms with Crippen molar-refractivity contribution in [2.45, 2.75) is 19.8 Å². The minimum absolute atomic E-state index is 0.0713. The van der Waals surface area contributed by atoms with Crippen LogP contribution in [0, 0.1) is 0 Å². The molecule has 0 unspecified atom stereocenters. The first-order chi connectivity index (χ1) is 9.70. The summed E-state index contributed by atoms with van der Waals surface area (Å²) in [5.74, 6) is 0.440. The van der Waals surface area contributed by atoms with Crippen LogP contribution in [-0.4, -0.2) is 27.9 Å². The van der Waals surface area contributed by atoms with Gasteiger partial charge in [0.25, 0.3) is 5.91 Å². The highest BCUT2D eigenvalue weighted by atomic mass is 16.5. The number of hydrogen-bond donors (Lipinski definition) is 3. The summed E-state index contributed by atoms with van der Waals surface area (Å²) in [6.45, 7) is 2.80. The third kappa shape index (κ3) is 3.47. The fourth-order valence-corrected chi connectivity index (χ4v) is 1.57. The molecule has 20 heavy (non-hydrogen) atoms. The zero-order valence-corrected chi connectivity index (χ0v) is 11.2. The molecule has 1 heterocycles. The van der Waals surface area contributed by atoms with Gasteiger partial charge >= 0.3 is 0 Å². The normalized spacial score (nSPS) is 10.2. The quantitative estimate of drug-likeness (QED) is 0.697. The topological polar surface area (TPSA) is 106 Å². The first kappa shape index (κ1) is 13.9. The van der Waals surface area contributed by atoms with Gasteiger partial charge in [0, 0.05) is 5.69 Å². The molecule has 2 rings (SSSR count). The Hall–Kier alpha value is -2.57. The molecule has 0 fully saturated rings. The zero-order valence-electron chi connectivity index (χ0n) is 11.2. The average molecular weight is 275 g/mol. The van der Waals surface area contributed by atoms with Gasteiger partial charge in [-0.2, -0.15) is 5.21 Å². The molecule has 2 aromatic rings. The van der Waals surface area contributed by atoms with Crippen LogP contribution in [0.3, 0.4) is 0 Å². The highest BCUT2D eigenvalue weighted by Gasteiger charge is 2.13. The summed E-state index contributed by atoms with van der Waals surface area (Å²) in [6.07, 6.45) is 2.11. The Morgan fingerprint density at radius 2 is 2.10 bits per heavy atom. The van der Waals surface area contributed by atoms with Crippen molar-refractivity contribution in [3.63, 3.8) is 0 Å². The zero-order chi connectivity index (χ0) is 14.4. The highest BCUT2D eigenvalue weighted by Crippen LogP contribution is 2.17. The second-order valence-corrected chi connectivity index (χ2v) is 4.24. The lowest BCUT2D eigenvalue weighted by molar-refractivity contribution is 0.102. The smallest absolute Gasteiger partial charge is 0.280 e. The predicted octanol–water partition coefficient (Wildman–Crippen LogP) is 1.82. The number of carbonyl (C=O) groups excluding carboxylic acids is 1. The van der Waals surface area contributed by atoms with Gasteiger partial charge in [0.05, 0.1) is 6.61 Å². The molecule has 1 aromatic carbocycles. The number of aromatic nitrogens is 3. The molecule has 1 amide bonds. The Morgan fingerprint density at radius 1 is 1.35 bits per heavy atom. The third-order valence-electron chi connectivity index (χ3n) is 2.67. The van der Waals surface area contributed by atoms with E-state index in [9.17, 15) is 4.79 Å². The van der Waals surface area contributed by atoms with E-state index in [2.05, 4.69) is 27.7 Å². The minimum atomic E-state index is -0.407. The van der Waals surface area contributed by atoms with E-state index >= 15 is 0 Å². The van der Waals surface area contributed by atoms with Crippen molar-refractivity contribution in [3.8, 4) is 5.75 Å². The number of unbranched alkanes of at least 4 members (excludes halogenated alkanes) is 1. The highest BCUT2D eigenvalue weighted by molar-refractivity contribution is 6.05. The summed E-state index contributed by atoms with van der Waals surface area (Å²) in [6, 6.07) is 7.12. The third-order valence-corrected chi connectivity index (χ3v) is 2.67. The van der Waals surface area contributed by atoms with E-state index in [4.69, 9.17) is 10.5 Å². The summed E-state index contributed by atoms with van der Waals surface area (Å²) in [5.41, 5.74) is 6.22. The van der Waals surface area contributed by atoms with Crippen LogP contribution >= 0.6 is 0 Å². The summed E-state index contributed by atoms with van der Waals surface area (Å²) < 4.78 is 5.54. The van der Waals surface area contributed by atoms with Crippen molar-refractivity contribution in [1.29, 1.82) is 0 Å². The molecule has 7 nitrogen and oxygen atoms in total. The Kier molecular flexibility index (Phi) is 4.54. The SMILES string of the molecule is CCCCOc1ccc(NC(=O)c2n[nH]nc2N)cc1. The monoisotopic (exact) mass is 275 g/mol. The number of nitrogens with zero attached hydrogens (tertiary/aromatic N) is 2. The number of ether oxygens (including phenoxy) is 1. The standard InChI is InChI=1S/C13H17N5O2/c1-2-3-8-20-10-6-4-9(5-7-10)15-13(19)11-12(14)17-18-16-11/h4-7H,2-3,8H2,1H3,(H,15,19)(H3,14,16,17,18). The molecule has 0 saturated heterocycles. The number of nitrogen functional groups attached to an aromatic ring is 1. The van der Waals surface area contributed by atoms with Crippen LogP contribution in [-0.2, 0) is 0 Å². The van der Waals surface area contributed by atoms with Crippen LogP contribution in [0.1, 0.15) is 30.3 Å². The number of nitrogens with one attached hydrogen (secondary N) is 2. The van der Waals surface area contributed by atoms with Crippen molar-refractivity contribution in [1.82, 2.24) is 15.4 Å². The molecule has 0 aliphatic rings. The molecule has 0 bridgehead atoms. The molecule has 0 radical (unpaired) electrons. The molecular weight excluding hydrogens is 258 g/mol.